The van der Waals surface area contributed by atoms with Crippen LogP contribution >= 0.6 is 0 Å². The van der Waals surface area contributed by atoms with Crippen LogP contribution in [0.15, 0.2) is 18.2 Å². The Morgan fingerprint density at radius 2 is 2.11 bits per heavy atom. The lowest BCUT2D eigenvalue weighted by Gasteiger charge is -2.36. The van der Waals surface area contributed by atoms with E-state index in [4.69, 9.17) is 5.73 Å². The van der Waals surface area contributed by atoms with Gasteiger partial charge in [-0.3, -0.25) is 4.90 Å². The maximum atomic E-state index is 13.4. The number of piperidine rings is 1. The lowest BCUT2D eigenvalue weighted by Crippen LogP contribution is -2.40. The largest absolute Gasteiger partial charge is 0.326 e. The lowest BCUT2D eigenvalue weighted by molar-refractivity contribution is 0.117. The fourth-order valence-electron chi connectivity index (χ4n) is 2.72. The summed E-state index contributed by atoms with van der Waals surface area (Å²) in [5.41, 5.74) is 7.33. The van der Waals surface area contributed by atoms with Gasteiger partial charge in [0.2, 0.25) is 0 Å². The molecule has 2 atom stereocenters. The Kier molecular flexibility index (Phi) is 4.36. The van der Waals surface area contributed by atoms with E-state index >= 15 is 0 Å². The molecule has 0 aromatic heterocycles. The van der Waals surface area contributed by atoms with Gasteiger partial charge in [0.05, 0.1) is 0 Å². The van der Waals surface area contributed by atoms with Crippen LogP contribution < -0.4 is 5.73 Å². The van der Waals surface area contributed by atoms with E-state index in [0.717, 1.165) is 24.6 Å². The minimum atomic E-state index is -0.193. The molecule has 1 aromatic rings. The molecule has 2 rings (SSSR count). The Balaban J connectivity index is 2.08. The van der Waals surface area contributed by atoms with Crippen LogP contribution in [0, 0.1) is 11.7 Å². The second kappa shape index (κ2) is 5.81. The van der Waals surface area contributed by atoms with E-state index in [-0.39, 0.29) is 12.4 Å². The number of rotatable bonds is 3. The van der Waals surface area contributed by atoms with Crippen LogP contribution in [0.25, 0.3) is 0 Å². The van der Waals surface area contributed by atoms with Crippen molar-refractivity contribution in [2.45, 2.75) is 45.8 Å². The Labute approximate surface area is 109 Å². The molecule has 1 saturated heterocycles. The van der Waals surface area contributed by atoms with Crippen molar-refractivity contribution in [3.63, 3.8) is 0 Å². The van der Waals surface area contributed by atoms with Crippen LogP contribution in [0.4, 0.5) is 4.39 Å². The number of hydrogen-bond acceptors (Lipinski definition) is 2. The first-order valence-electron chi connectivity index (χ1n) is 6.81. The van der Waals surface area contributed by atoms with Crippen molar-refractivity contribution in [3.05, 3.63) is 35.1 Å². The topological polar surface area (TPSA) is 29.3 Å². The summed E-state index contributed by atoms with van der Waals surface area (Å²) in [6, 6.07) is 5.93. The third-order valence-corrected chi connectivity index (χ3v) is 3.96. The molecule has 0 aliphatic carbocycles. The first-order chi connectivity index (χ1) is 8.60. The summed E-state index contributed by atoms with van der Waals surface area (Å²) in [6.45, 7) is 6.88. The summed E-state index contributed by atoms with van der Waals surface area (Å²) in [5.74, 6) is 0.567. The normalized spacial score (nSPS) is 25.3. The lowest BCUT2D eigenvalue weighted by atomic mass is 9.94. The Morgan fingerprint density at radius 3 is 2.83 bits per heavy atom. The predicted octanol–water partition coefficient (Wildman–Crippen LogP) is 2.90. The van der Waals surface area contributed by atoms with Crippen molar-refractivity contribution in [1.29, 1.82) is 0 Å². The highest BCUT2D eigenvalue weighted by Crippen LogP contribution is 2.23. The van der Waals surface area contributed by atoms with Crippen LogP contribution in [0.1, 0.15) is 37.8 Å². The highest BCUT2D eigenvalue weighted by molar-refractivity contribution is 5.25. The van der Waals surface area contributed by atoms with Crippen LogP contribution in [0.3, 0.4) is 0 Å². The molecule has 1 fully saturated rings. The summed E-state index contributed by atoms with van der Waals surface area (Å²) < 4.78 is 13.4. The van der Waals surface area contributed by atoms with E-state index in [0.29, 0.717) is 11.6 Å². The monoisotopic (exact) mass is 250 g/mol. The Morgan fingerprint density at radius 1 is 1.33 bits per heavy atom. The number of nitrogens with zero attached hydrogens (tertiary/aromatic N) is 1. The molecule has 1 heterocycles. The van der Waals surface area contributed by atoms with Crippen molar-refractivity contribution in [2.24, 2.45) is 11.7 Å². The van der Waals surface area contributed by atoms with Crippen molar-refractivity contribution < 1.29 is 4.39 Å². The number of benzene rings is 1. The second-order valence-electron chi connectivity index (χ2n) is 5.59. The van der Waals surface area contributed by atoms with Gasteiger partial charge in [-0.05, 0) is 37.3 Å². The highest BCUT2D eigenvalue weighted by atomic mass is 19.1. The van der Waals surface area contributed by atoms with Crippen LogP contribution in [0.5, 0.6) is 0 Å². The molecule has 2 unspecified atom stereocenters. The SMILES string of the molecule is CC1CCC(C)N(Cc2ccc(F)c(CN)c2)C1. The quantitative estimate of drug-likeness (QED) is 0.893. The first-order valence-corrected chi connectivity index (χ1v) is 6.81. The number of likely N-dealkylation sites (tertiary alicyclic amines) is 1. The highest BCUT2D eigenvalue weighted by Gasteiger charge is 2.22. The third kappa shape index (κ3) is 3.09. The van der Waals surface area contributed by atoms with E-state index < -0.39 is 0 Å². The van der Waals surface area contributed by atoms with Gasteiger partial charge in [-0.15, -0.1) is 0 Å². The molecule has 2 nitrogen and oxygen atoms in total. The van der Waals surface area contributed by atoms with Crippen molar-refractivity contribution in [1.82, 2.24) is 4.90 Å². The molecule has 0 bridgehead atoms. The predicted molar refractivity (Wildman–Crippen MR) is 72.6 cm³/mol. The standard InChI is InChI=1S/C15H23FN2/c1-11-3-4-12(2)18(9-11)10-13-5-6-15(16)14(7-13)8-17/h5-7,11-12H,3-4,8-10,17H2,1-2H3. The summed E-state index contributed by atoms with van der Waals surface area (Å²) in [4.78, 5) is 2.49. The molecular formula is C15H23FN2. The van der Waals surface area contributed by atoms with E-state index in [1.54, 1.807) is 0 Å². The summed E-state index contributed by atoms with van der Waals surface area (Å²) in [5, 5.41) is 0. The van der Waals surface area contributed by atoms with Gasteiger partial charge in [0.1, 0.15) is 5.82 Å². The van der Waals surface area contributed by atoms with Gasteiger partial charge in [-0.2, -0.15) is 0 Å². The zero-order valence-electron chi connectivity index (χ0n) is 11.3. The van der Waals surface area contributed by atoms with Crippen molar-refractivity contribution in [2.75, 3.05) is 6.54 Å². The smallest absolute Gasteiger partial charge is 0.127 e. The Hall–Kier alpha value is -0.930. The fraction of sp³-hybridized carbons (Fsp3) is 0.600. The van der Waals surface area contributed by atoms with Gasteiger partial charge < -0.3 is 5.73 Å². The molecule has 3 heteroatoms. The molecule has 100 valence electrons. The fourth-order valence-corrected chi connectivity index (χ4v) is 2.72. The number of hydrogen-bond donors (Lipinski definition) is 1. The molecular weight excluding hydrogens is 227 g/mol. The van der Waals surface area contributed by atoms with Crippen LogP contribution in [0.2, 0.25) is 0 Å². The van der Waals surface area contributed by atoms with Crippen LogP contribution in [-0.2, 0) is 13.1 Å². The maximum Gasteiger partial charge on any atom is 0.127 e. The van der Waals surface area contributed by atoms with Gasteiger partial charge in [-0.25, -0.2) is 4.39 Å². The van der Waals surface area contributed by atoms with Crippen molar-refractivity contribution in [3.8, 4) is 0 Å². The molecule has 1 aromatic carbocycles. The van der Waals surface area contributed by atoms with Crippen molar-refractivity contribution >= 4 is 0 Å². The van der Waals surface area contributed by atoms with Gasteiger partial charge in [0.15, 0.2) is 0 Å². The number of halogens is 1. The summed E-state index contributed by atoms with van der Waals surface area (Å²) in [6.07, 6.45) is 2.57. The zero-order chi connectivity index (χ0) is 13.1. The second-order valence-corrected chi connectivity index (χ2v) is 5.59. The van der Waals surface area contributed by atoms with Gasteiger partial charge in [0, 0.05) is 31.2 Å². The molecule has 0 saturated carbocycles. The summed E-state index contributed by atoms with van der Waals surface area (Å²) >= 11 is 0. The molecule has 18 heavy (non-hydrogen) atoms. The third-order valence-electron chi connectivity index (χ3n) is 3.96. The number of nitrogens with two attached hydrogens (primary N) is 1. The molecule has 2 N–H and O–H groups in total. The summed E-state index contributed by atoms with van der Waals surface area (Å²) in [7, 11) is 0. The van der Waals surface area contributed by atoms with E-state index in [1.165, 1.54) is 18.9 Å². The zero-order valence-corrected chi connectivity index (χ0v) is 11.3. The van der Waals surface area contributed by atoms with Gasteiger partial charge >= 0.3 is 0 Å². The van der Waals surface area contributed by atoms with Gasteiger partial charge in [0.25, 0.3) is 0 Å². The Bertz CT molecular complexity index is 405. The minimum absolute atomic E-state index is 0.193. The first kappa shape index (κ1) is 13.5. The van der Waals surface area contributed by atoms with Crippen LogP contribution in [-0.4, -0.2) is 17.5 Å². The van der Waals surface area contributed by atoms with E-state index in [2.05, 4.69) is 18.7 Å². The molecule has 0 spiro atoms. The molecule has 1 aliphatic rings. The molecule has 0 radical (unpaired) electrons. The molecule has 0 amide bonds. The minimum Gasteiger partial charge on any atom is -0.326 e. The average Bonchev–Trinajstić information content (AvgIpc) is 2.36. The van der Waals surface area contributed by atoms with Gasteiger partial charge in [-0.1, -0.05) is 19.1 Å². The van der Waals surface area contributed by atoms with E-state index in [9.17, 15) is 4.39 Å². The maximum absolute atomic E-state index is 13.4. The molecule has 1 aliphatic heterocycles. The average molecular weight is 250 g/mol. The van der Waals surface area contributed by atoms with E-state index in [1.807, 2.05) is 12.1 Å².